The second kappa shape index (κ2) is 9.88. The van der Waals surface area contributed by atoms with Crippen molar-refractivity contribution in [3.05, 3.63) is 29.8 Å². The van der Waals surface area contributed by atoms with E-state index in [1.165, 1.54) is 5.56 Å². The molecule has 1 rings (SSSR count). The summed E-state index contributed by atoms with van der Waals surface area (Å²) in [5.41, 5.74) is 1.18. The monoisotopic (exact) mass is 253 g/mol. The Balaban J connectivity index is 2.18. The molecule has 0 radical (unpaired) electrons. The summed E-state index contributed by atoms with van der Waals surface area (Å²) in [6.07, 6.45) is 0. The predicted octanol–water partition coefficient (Wildman–Crippen LogP) is 1.84. The Morgan fingerprint density at radius 3 is 2.72 bits per heavy atom. The zero-order chi connectivity index (χ0) is 13.1. The molecule has 0 bridgehead atoms. The fourth-order valence-corrected chi connectivity index (χ4v) is 1.56. The number of ether oxygens (including phenoxy) is 3. The van der Waals surface area contributed by atoms with Gasteiger partial charge in [-0.3, -0.25) is 0 Å². The third kappa shape index (κ3) is 6.00. The van der Waals surface area contributed by atoms with Gasteiger partial charge in [0.1, 0.15) is 5.75 Å². The summed E-state index contributed by atoms with van der Waals surface area (Å²) in [6.45, 7) is 6.29. The summed E-state index contributed by atoms with van der Waals surface area (Å²) < 4.78 is 15.8. The van der Waals surface area contributed by atoms with E-state index in [0.717, 1.165) is 18.8 Å². The lowest BCUT2D eigenvalue weighted by Gasteiger charge is -2.11. The molecule has 0 aromatic heterocycles. The Morgan fingerprint density at radius 2 is 1.94 bits per heavy atom. The van der Waals surface area contributed by atoms with Crippen LogP contribution in [0, 0.1) is 0 Å². The molecule has 0 aliphatic heterocycles. The molecule has 0 aliphatic rings. The van der Waals surface area contributed by atoms with Crippen LogP contribution in [0.4, 0.5) is 0 Å². The molecule has 0 atom stereocenters. The van der Waals surface area contributed by atoms with E-state index in [1.807, 2.05) is 25.1 Å². The highest BCUT2D eigenvalue weighted by atomic mass is 16.5. The van der Waals surface area contributed by atoms with Crippen molar-refractivity contribution in [3.8, 4) is 5.75 Å². The van der Waals surface area contributed by atoms with E-state index < -0.39 is 0 Å². The normalized spacial score (nSPS) is 10.6. The molecule has 4 nitrogen and oxygen atoms in total. The predicted molar refractivity (Wildman–Crippen MR) is 72.0 cm³/mol. The van der Waals surface area contributed by atoms with Crippen LogP contribution < -0.4 is 10.1 Å². The number of nitrogens with one attached hydrogen (secondary N) is 1. The van der Waals surface area contributed by atoms with Crippen molar-refractivity contribution < 1.29 is 14.2 Å². The van der Waals surface area contributed by atoms with Crippen molar-refractivity contribution in [2.45, 2.75) is 13.5 Å². The van der Waals surface area contributed by atoms with Gasteiger partial charge in [-0.25, -0.2) is 0 Å². The lowest BCUT2D eigenvalue weighted by atomic mass is 10.2. The Hall–Kier alpha value is -1.10. The van der Waals surface area contributed by atoms with E-state index in [1.54, 1.807) is 7.11 Å². The third-order valence-electron chi connectivity index (χ3n) is 2.44. The Bertz CT molecular complexity index is 318. The molecule has 1 N–H and O–H groups in total. The molecule has 102 valence electrons. The van der Waals surface area contributed by atoms with Gasteiger partial charge in [-0.05, 0) is 13.0 Å². The average Bonchev–Trinajstić information content (AvgIpc) is 2.40. The summed E-state index contributed by atoms with van der Waals surface area (Å²) in [6, 6.07) is 8.08. The van der Waals surface area contributed by atoms with Crippen LogP contribution in [0.2, 0.25) is 0 Å². The number of para-hydroxylation sites is 1. The maximum atomic E-state index is 5.56. The van der Waals surface area contributed by atoms with E-state index in [0.29, 0.717) is 26.4 Å². The van der Waals surface area contributed by atoms with Crippen LogP contribution in [0.3, 0.4) is 0 Å². The molecular formula is C14H23NO3. The van der Waals surface area contributed by atoms with Gasteiger partial charge in [0.15, 0.2) is 0 Å². The van der Waals surface area contributed by atoms with Crippen molar-refractivity contribution in [2.24, 2.45) is 0 Å². The maximum Gasteiger partial charge on any atom is 0.123 e. The van der Waals surface area contributed by atoms with E-state index >= 15 is 0 Å². The third-order valence-corrected chi connectivity index (χ3v) is 2.44. The van der Waals surface area contributed by atoms with Crippen molar-refractivity contribution in [2.75, 3.05) is 40.1 Å². The van der Waals surface area contributed by atoms with Crippen molar-refractivity contribution in [1.29, 1.82) is 0 Å². The first-order chi connectivity index (χ1) is 8.88. The smallest absolute Gasteiger partial charge is 0.123 e. The lowest BCUT2D eigenvalue weighted by Crippen LogP contribution is -2.20. The van der Waals surface area contributed by atoms with Gasteiger partial charge in [-0.2, -0.15) is 0 Å². The fourth-order valence-electron chi connectivity index (χ4n) is 1.56. The van der Waals surface area contributed by atoms with Crippen molar-refractivity contribution >= 4 is 0 Å². The first-order valence-electron chi connectivity index (χ1n) is 6.36. The first kappa shape index (κ1) is 15.0. The molecule has 1 aromatic carbocycles. The van der Waals surface area contributed by atoms with E-state index in [4.69, 9.17) is 14.2 Å². The van der Waals surface area contributed by atoms with E-state index in [9.17, 15) is 0 Å². The highest BCUT2D eigenvalue weighted by Crippen LogP contribution is 2.17. The van der Waals surface area contributed by atoms with Gasteiger partial charge >= 0.3 is 0 Å². The number of hydrogen-bond acceptors (Lipinski definition) is 4. The van der Waals surface area contributed by atoms with Crippen LogP contribution in [-0.4, -0.2) is 40.1 Å². The molecular weight excluding hydrogens is 230 g/mol. The molecule has 18 heavy (non-hydrogen) atoms. The van der Waals surface area contributed by atoms with Gasteiger partial charge in [0.25, 0.3) is 0 Å². The maximum absolute atomic E-state index is 5.56. The molecule has 0 saturated carbocycles. The molecule has 0 unspecified atom stereocenters. The SMILES string of the molecule is CCOc1ccccc1CNCCOCCOC. The van der Waals surface area contributed by atoms with Gasteiger partial charge in [-0.15, -0.1) is 0 Å². The lowest BCUT2D eigenvalue weighted by molar-refractivity contribution is 0.0719. The molecule has 0 saturated heterocycles. The highest BCUT2D eigenvalue weighted by Gasteiger charge is 2.01. The second-order valence-corrected chi connectivity index (χ2v) is 3.82. The van der Waals surface area contributed by atoms with Crippen LogP contribution in [0.1, 0.15) is 12.5 Å². The Morgan fingerprint density at radius 1 is 1.11 bits per heavy atom. The molecule has 4 heteroatoms. The van der Waals surface area contributed by atoms with Gasteiger partial charge < -0.3 is 19.5 Å². The van der Waals surface area contributed by atoms with Crippen LogP contribution in [-0.2, 0) is 16.0 Å². The standard InChI is InChI=1S/C14H23NO3/c1-3-18-14-7-5-4-6-13(14)12-15-8-9-17-11-10-16-2/h4-7,15H,3,8-12H2,1-2H3. The van der Waals surface area contributed by atoms with Crippen molar-refractivity contribution in [3.63, 3.8) is 0 Å². The second-order valence-electron chi connectivity index (χ2n) is 3.82. The Labute approximate surface area is 109 Å². The summed E-state index contributed by atoms with van der Waals surface area (Å²) in [5.74, 6) is 0.952. The van der Waals surface area contributed by atoms with E-state index in [2.05, 4.69) is 11.4 Å². The first-order valence-corrected chi connectivity index (χ1v) is 6.36. The highest BCUT2D eigenvalue weighted by molar-refractivity contribution is 5.33. The van der Waals surface area contributed by atoms with Crippen LogP contribution in [0.5, 0.6) is 5.75 Å². The fraction of sp³-hybridized carbons (Fsp3) is 0.571. The number of methoxy groups -OCH3 is 1. The average molecular weight is 253 g/mol. The minimum Gasteiger partial charge on any atom is -0.494 e. The molecule has 0 fully saturated rings. The minimum absolute atomic E-state index is 0.646. The topological polar surface area (TPSA) is 39.7 Å². The molecule has 1 aromatic rings. The molecule has 0 heterocycles. The van der Waals surface area contributed by atoms with Gasteiger partial charge in [0.2, 0.25) is 0 Å². The summed E-state index contributed by atoms with van der Waals surface area (Å²) >= 11 is 0. The minimum atomic E-state index is 0.646. The number of hydrogen-bond donors (Lipinski definition) is 1. The largest absolute Gasteiger partial charge is 0.494 e. The summed E-state index contributed by atoms with van der Waals surface area (Å²) in [4.78, 5) is 0. The zero-order valence-electron chi connectivity index (χ0n) is 11.3. The van der Waals surface area contributed by atoms with Gasteiger partial charge in [0, 0.05) is 25.8 Å². The van der Waals surface area contributed by atoms with Gasteiger partial charge in [-0.1, -0.05) is 18.2 Å². The quantitative estimate of drug-likeness (QED) is 0.646. The molecule has 0 aliphatic carbocycles. The Kier molecular flexibility index (Phi) is 8.21. The summed E-state index contributed by atoms with van der Waals surface area (Å²) in [7, 11) is 1.67. The molecule has 0 amide bonds. The number of rotatable bonds is 10. The summed E-state index contributed by atoms with van der Waals surface area (Å²) in [5, 5.41) is 3.33. The van der Waals surface area contributed by atoms with Gasteiger partial charge in [0.05, 0.1) is 26.4 Å². The number of benzene rings is 1. The van der Waals surface area contributed by atoms with Crippen molar-refractivity contribution in [1.82, 2.24) is 5.32 Å². The van der Waals surface area contributed by atoms with Crippen LogP contribution >= 0.6 is 0 Å². The van der Waals surface area contributed by atoms with Crippen LogP contribution in [0.15, 0.2) is 24.3 Å². The van der Waals surface area contributed by atoms with Crippen LogP contribution in [0.25, 0.3) is 0 Å². The molecule has 0 spiro atoms. The van der Waals surface area contributed by atoms with E-state index in [-0.39, 0.29) is 0 Å². The zero-order valence-corrected chi connectivity index (χ0v) is 11.3.